The van der Waals surface area contributed by atoms with E-state index >= 15 is 0 Å². The number of urea groups is 1. The van der Waals surface area contributed by atoms with E-state index in [0.717, 1.165) is 6.42 Å². The molecule has 2 aromatic carbocycles. The zero-order valence-electron chi connectivity index (χ0n) is 13.3. The van der Waals surface area contributed by atoms with E-state index in [1.54, 1.807) is 41.3 Å². The van der Waals surface area contributed by atoms with Gasteiger partial charge in [0.15, 0.2) is 0 Å². The summed E-state index contributed by atoms with van der Waals surface area (Å²) in [6, 6.07) is 14.2. The van der Waals surface area contributed by atoms with Crippen LogP contribution in [0.15, 0.2) is 53.4 Å². The van der Waals surface area contributed by atoms with Crippen LogP contribution in [0.25, 0.3) is 0 Å². The smallest absolute Gasteiger partial charge is 0.321 e. The van der Waals surface area contributed by atoms with Crippen LogP contribution in [0, 0.1) is 11.3 Å². The fourth-order valence-corrected chi connectivity index (χ4v) is 3.81. The number of sulfonamides is 1. The minimum Gasteiger partial charge on any atom is -0.338 e. The van der Waals surface area contributed by atoms with Gasteiger partial charge in [0.2, 0.25) is 0 Å². The average Bonchev–Trinajstić information content (AvgIpc) is 2.62. The minimum absolute atomic E-state index is 0.0722. The van der Waals surface area contributed by atoms with E-state index in [2.05, 4.69) is 10.0 Å². The van der Waals surface area contributed by atoms with Crippen molar-refractivity contribution in [3.05, 3.63) is 54.1 Å². The van der Waals surface area contributed by atoms with Gasteiger partial charge in [0.25, 0.3) is 10.0 Å². The Morgan fingerprint density at radius 1 is 1.12 bits per heavy atom. The van der Waals surface area contributed by atoms with Crippen LogP contribution in [0.3, 0.4) is 0 Å². The summed E-state index contributed by atoms with van der Waals surface area (Å²) >= 11 is 0. The number of carbonyl (C=O) groups excluding carboxylic acids is 1. The number of benzene rings is 2. The van der Waals surface area contributed by atoms with Crippen LogP contribution < -0.4 is 14.9 Å². The van der Waals surface area contributed by atoms with Crippen LogP contribution in [-0.2, 0) is 10.0 Å². The summed E-state index contributed by atoms with van der Waals surface area (Å²) in [5, 5.41) is 11.8. The van der Waals surface area contributed by atoms with E-state index in [1.807, 2.05) is 6.07 Å². The highest BCUT2D eigenvalue weighted by Gasteiger charge is 2.20. The van der Waals surface area contributed by atoms with Gasteiger partial charge in [-0.05, 0) is 42.8 Å². The first-order valence-corrected chi connectivity index (χ1v) is 9.17. The first-order chi connectivity index (χ1) is 12.0. The van der Waals surface area contributed by atoms with Gasteiger partial charge in [-0.25, -0.2) is 13.2 Å². The van der Waals surface area contributed by atoms with E-state index in [1.165, 1.54) is 12.1 Å². The molecule has 0 bridgehead atoms. The van der Waals surface area contributed by atoms with Crippen molar-refractivity contribution in [2.24, 2.45) is 0 Å². The van der Waals surface area contributed by atoms with Crippen molar-refractivity contribution in [3.63, 3.8) is 0 Å². The standard InChI is InChI=1S/C17H16N4O3S/c18-12-13-4-1-2-5-16(13)25(23,24)20-14-6-8-15(9-7-14)21-11-3-10-19-17(21)22/h1-2,4-9,20H,3,10-11H2,(H,19,22). The molecule has 25 heavy (non-hydrogen) atoms. The highest BCUT2D eigenvalue weighted by Crippen LogP contribution is 2.23. The van der Waals surface area contributed by atoms with Gasteiger partial charge in [-0.2, -0.15) is 5.26 Å². The molecule has 0 radical (unpaired) electrons. The van der Waals surface area contributed by atoms with Gasteiger partial charge >= 0.3 is 6.03 Å². The first-order valence-electron chi connectivity index (χ1n) is 7.69. The SMILES string of the molecule is N#Cc1ccccc1S(=O)(=O)Nc1ccc(N2CCCNC2=O)cc1. The third kappa shape index (κ3) is 3.56. The van der Waals surface area contributed by atoms with Crippen molar-refractivity contribution in [2.45, 2.75) is 11.3 Å². The molecule has 0 spiro atoms. The average molecular weight is 356 g/mol. The number of nitriles is 1. The van der Waals surface area contributed by atoms with Crippen molar-refractivity contribution in [3.8, 4) is 6.07 Å². The maximum atomic E-state index is 12.5. The predicted molar refractivity (Wildman–Crippen MR) is 93.8 cm³/mol. The van der Waals surface area contributed by atoms with Crippen LogP contribution in [-0.4, -0.2) is 27.5 Å². The summed E-state index contributed by atoms with van der Waals surface area (Å²) in [4.78, 5) is 13.4. The van der Waals surface area contributed by atoms with E-state index in [0.29, 0.717) is 24.5 Å². The van der Waals surface area contributed by atoms with Gasteiger partial charge in [0.05, 0.1) is 5.56 Å². The maximum absolute atomic E-state index is 12.5. The molecule has 0 saturated carbocycles. The van der Waals surface area contributed by atoms with Gasteiger partial charge in [-0.3, -0.25) is 9.62 Å². The minimum atomic E-state index is -3.87. The zero-order valence-corrected chi connectivity index (χ0v) is 14.1. The molecule has 1 heterocycles. The van der Waals surface area contributed by atoms with Crippen molar-refractivity contribution >= 4 is 27.4 Å². The van der Waals surface area contributed by atoms with Crippen molar-refractivity contribution in [1.82, 2.24) is 5.32 Å². The molecular weight excluding hydrogens is 340 g/mol. The number of carbonyl (C=O) groups is 1. The van der Waals surface area contributed by atoms with E-state index in [9.17, 15) is 13.2 Å². The molecule has 8 heteroatoms. The second-order valence-corrected chi connectivity index (χ2v) is 7.15. The molecule has 1 aliphatic heterocycles. The van der Waals surface area contributed by atoms with Crippen molar-refractivity contribution < 1.29 is 13.2 Å². The molecule has 0 atom stereocenters. The lowest BCUT2D eigenvalue weighted by Crippen LogP contribution is -2.46. The Bertz CT molecular complexity index is 933. The summed E-state index contributed by atoms with van der Waals surface area (Å²) in [7, 11) is -3.87. The quantitative estimate of drug-likeness (QED) is 0.877. The molecule has 2 amide bonds. The summed E-state index contributed by atoms with van der Waals surface area (Å²) in [6.07, 6.45) is 0.852. The molecule has 0 unspecified atom stereocenters. The Kier molecular flexibility index (Phi) is 4.59. The number of hydrogen-bond donors (Lipinski definition) is 2. The highest BCUT2D eigenvalue weighted by molar-refractivity contribution is 7.92. The van der Waals surface area contributed by atoms with Crippen LogP contribution in [0.5, 0.6) is 0 Å². The monoisotopic (exact) mass is 356 g/mol. The number of amides is 2. The van der Waals surface area contributed by atoms with E-state index < -0.39 is 10.0 Å². The lowest BCUT2D eigenvalue weighted by Gasteiger charge is -2.27. The molecule has 1 saturated heterocycles. The normalized spacial score (nSPS) is 14.5. The van der Waals surface area contributed by atoms with Gasteiger partial charge in [-0.15, -0.1) is 0 Å². The molecule has 3 rings (SSSR count). The largest absolute Gasteiger partial charge is 0.338 e. The molecule has 7 nitrogen and oxygen atoms in total. The Balaban J connectivity index is 1.81. The summed E-state index contributed by atoms with van der Waals surface area (Å²) in [6.45, 7) is 1.28. The Morgan fingerprint density at radius 2 is 1.84 bits per heavy atom. The number of nitrogens with zero attached hydrogens (tertiary/aromatic N) is 2. The molecule has 1 fully saturated rings. The summed E-state index contributed by atoms with van der Waals surface area (Å²) < 4.78 is 27.4. The Labute approximate surface area is 145 Å². The zero-order chi connectivity index (χ0) is 17.9. The number of anilines is 2. The number of hydrogen-bond acceptors (Lipinski definition) is 4. The van der Waals surface area contributed by atoms with Crippen LogP contribution in [0.1, 0.15) is 12.0 Å². The van der Waals surface area contributed by atoms with E-state index in [4.69, 9.17) is 5.26 Å². The third-order valence-electron chi connectivity index (χ3n) is 3.81. The Morgan fingerprint density at radius 3 is 2.52 bits per heavy atom. The van der Waals surface area contributed by atoms with Crippen LogP contribution in [0.4, 0.5) is 16.2 Å². The summed E-state index contributed by atoms with van der Waals surface area (Å²) in [5.74, 6) is 0. The molecule has 0 aromatic heterocycles. The van der Waals surface area contributed by atoms with Crippen LogP contribution >= 0.6 is 0 Å². The van der Waals surface area contributed by atoms with E-state index in [-0.39, 0.29) is 16.5 Å². The van der Waals surface area contributed by atoms with Gasteiger partial charge in [0.1, 0.15) is 11.0 Å². The Hall–Kier alpha value is -3.05. The maximum Gasteiger partial charge on any atom is 0.321 e. The predicted octanol–water partition coefficient (Wildman–Crippen LogP) is 2.28. The fraction of sp³-hybridized carbons (Fsp3) is 0.176. The molecule has 1 aliphatic rings. The topological polar surface area (TPSA) is 102 Å². The molecule has 2 N–H and O–H groups in total. The summed E-state index contributed by atoms with van der Waals surface area (Å²) in [5.41, 5.74) is 1.13. The second-order valence-electron chi connectivity index (χ2n) is 5.50. The lowest BCUT2D eigenvalue weighted by molar-refractivity contribution is 0.243. The second kappa shape index (κ2) is 6.83. The lowest BCUT2D eigenvalue weighted by atomic mass is 10.2. The first kappa shape index (κ1) is 16.8. The molecule has 0 aliphatic carbocycles. The van der Waals surface area contributed by atoms with Gasteiger partial charge < -0.3 is 5.32 Å². The number of nitrogens with one attached hydrogen (secondary N) is 2. The van der Waals surface area contributed by atoms with Gasteiger partial charge in [-0.1, -0.05) is 12.1 Å². The van der Waals surface area contributed by atoms with Crippen molar-refractivity contribution in [2.75, 3.05) is 22.7 Å². The number of rotatable bonds is 4. The molecule has 128 valence electrons. The fourth-order valence-electron chi connectivity index (χ4n) is 2.59. The van der Waals surface area contributed by atoms with Crippen LogP contribution in [0.2, 0.25) is 0 Å². The molecule has 2 aromatic rings. The van der Waals surface area contributed by atoms with Gasteiger partial charge in [0, 0.05) is 24.5 Å². The highest BCUT2D eigenvalue weighted by atomic mass is 32.2. The van der Waals surface area contributed by atoms with Crippen molar-refractivity contribution in [1.29, 1.82) is 5.26 Å². The molecular formula is C17H16N4O3S. The third-order valence-corrected chi connectivity index (χ3v) is 5.25.